The Morgan fingerprint density at radius 1 is 0.951 bits per heavy atom. The molecule has 8 nitrogen and oxygen atoms in total. The Labute approximate surface area is 250 Å². The molecule has 1 aromatic carbocycles. The molecule has 2 fully saturated rings. The quantitative estimate of drug-likeness (QED) is 0.206. The van der Waals surface area contributed by atoms with Crippen LogP contribution in [-0.2, 0) is 19.1 Å². The number of rotatable bonds is 9. The van der Waals surface area contributed by atoms with Gasteiger partial charge in [-0.05, 0) is 94.5 Å². The summed E-state index contributed by atoms with van der Waals surface area (Å²) < 4.78 is 10.1. The second-order valence-corrected chi connectivity index (χ2v) is 12.0. The number of carbonyl (C=O) groups excluding carboxylic acids is 2. The first kappa shape index (κ1) is 31.0. The third-order valence-electron chi connectivity index (χ3n) is 8.93. The molecule has 4 rings (SSSR count). The fourth-order valence-corrected chi connectivity index (χ4v) is 7.04. The van der Waals surface area contributed by atoms with E-state index < -0.39 is 17.9 Å². The van der Waals surface area contributed by atoms with E-state index in [-0.39, 0.29) is 0 Å². The van der Waals surface area contributed by atoms with Crippen LogP contribution in [0.2, 0.25) is 0 Å². The minimum atomic E-state index is -0.637. The lowest BCUT2D eigenvalue weighted by atomic mass is 9.76. The number of dihydropyridines is 1. The highest BCUT2D eigenvalue weighted by Gasteiger charge is 2.37. The van der Waals surface area contributed by atoms with Crippen molar-refractivity contribution in [3.8, 4) is 0 Å². The van der Waals surface area contributed by atoms with Gasteiger partial charge in [-0.15, -0.1) is 0 Å². The summed E-state index contributed by atoms with van der Waals surface area (Å²) in [7, 11) is 2.68. The average Bonchev–Trinajstić information content (AvgIpc) is 2.99. The second-order valence-electron chi connectivity index (χ2n) is 11.6. The first-order valence-corrected chi connectivity index (χ1v) is 15.5. The number of ether oxygens (including phenoxy) is 2. The highest BCUT2D eigenvalue weighted by Crippen LogP contribution is 2.40. The van der Waals surface area contributed by atoms with Crippen LogP contribution in [0.25, 0.3) is 0 Å². The standard InChI is InChI=1S/C32H46N4O4S/c1-21-27(30(37)39-3)29(28(22(2)34-21)31(38)40-4)25-12-8-13-26(20-25)35-32(41)33-16-9-17-36-18-14-24(15-19-36)23-10-6-5-7-11-23/h8,12-13,20,23-24,29,34H,5-7,9-11,14-19H2,1-4H3,(H2,33,35,41). The molecule has 0 aromatic heterocycles. The van der Waals surface area contributed by atoms with E-state index in [9.17, 15) is 9.59 Å². The maximum absolute atomic E-state index is 12.8. The molecular weight excluding hydrogens is 536 g/mol. The lowest BCUT2D eigenvalue weighted by molar-refractivity contribution is -0.137. The minimum Gasteiger partial charge on any atom is -0.466 e. The van der Waals surface area contributed by atoms with Gasteiger partial charge in [0.2, 0.25) is 0 Å². The SMILES string of the molecule is COC(=O)C1=C(C)NC(C)=C(C(=O)OC)C1c1cccc(NC(=S)NCCCN2CCC(C3CCCCC3)CC2)c1. The Balaban J connectivity index is 1.31. The van der Waals surface area contributed by atoms with Gasteiger partial charge in [-0.25, -0.2) is 9.59 Å². The van der Waals surface area contributed by atoms with Crippen molar-refractivity contribution in [2.75, 3.05) is 45.7 Å². The summed E-state index contributed by atoms with van der Waals surface area (Å²) in [6.45, 7) is 7.92. The summed E-state index contributed by atoms with van der Waals surface area (Å²) in [6, 6.07) is 7.60. The number of likely N-dealkylation sites (tertiary alicyclic amines) is 1. The molecule has 0 bridgehead atoms. The van der Waals surface area contributed by atoms with Gasteiger partial charge < -0.3 is 30.3 Å². The number of hydrogen-bond acceptors (Lipinski definition) is 7. The molecule has 2 aliphatic heterocycles. The van der Waals surface area contributed by atoms with Gasteiger partial charge in [-0.3, -0.25) is 0 Å². The molecule has 0 amide bonds. The van der Waals surface area contributed by atoms with E-state index in [1.54, 1.807) is 13.8 Å². The fraction of sp³-hybridized carbons (Fsp3) is 0.594. The Morgan fingerprint density at radius 2 is 1.56 bits per heavy atom. The number of esters is 2. The number of nitrogens with one attached hydrogen (secondary N) is 3. The van der Waals surface area contributed by atoms with E-state index >= 15 is 0 Å². The van der Waals surface area contributed by atoms with Crippen LogP contribution in [0.4, 0.5) is 5.69 Å². The highest BCUT2D eigenvalue weighted by atomic mass is 32.1. The van der Waals surface area contributed by atoms with Crippen LogP contribution in [0.15, 0.2) is 46.8 Å². The summed E-state index contributed by atoms with van der Waals surface area (Å²) in [4.78, 5) is 28.2. The van der Waals surface area contributed by atoms with Crippen LogP contribution < -0.4 is 16.0 Å². The van der Waals surface area contributed by atoms with Crippen LogP contribution in [0.1, 0.15) is 76.7 Å². The number of anilines is 1. The monoisotopic (exact) mass is 582 g/mol. The van der Waals surface area contributed by atoms with E-state index in [1.807, 2.05) is 24.3 Å². The number of benzene rings is 1. The Hall–Kier alpha value is -2.91. The van der Waals surface area contributed by atoms with E-state index in [0.717, 1.165) is 42.6 Å². The molecule has 0 spiro atoms. The smallest absolute Gasteiger partial charge is 0.336 e. The molecular formula is C32H46N4O4S. The van der Waals surface area contributed by atoms with Gasteiger partial charge >= 0.3 is 11.9 Å². The summed E-state index contributed by atoms with van der Waals surface area (Å²) in [5, 5.41) is 10.3. The van der Waals surface area contributed by atoms with Crippen molar-refractivity contribution in [3.05, 3.63) is 52.4 Å². The summed E-state index contributed by atoms with van der Waals surface area (Å²) in [5.41, 5.74) is 3.56. The number of nitrogens with zero attached hydrogens (tertiary/aromatic N) is 1. The van der Waals surface area contributed by atoms with Crippen molar-refractivity contribution in [1.29, 1.82) is 0 Å². The van der Waals surface area contributed by atoms with Crippen LogP contribution in [-0.4, -0.2) is 62.3 Å². The number of methoxy groups -OCH3 is 2. The fourth-order valence-electron chi connectivity index (χ4n) is 6.82. The average molecular weight is 583 g/mol. The molecule has 224 valence electrons. The first-order valence-electron chi connectivity index (χ1n) is 15.0. The highest BCUT2D eigenvalue weighted by molar-refractivity contribution is 7.80. The molecule has 0 atom stereocenters. The van der Waals surface area contributed by atoms with E-state index in [4.69, 9.17) is 21.7 Å². The molecule has 1 saturated heterocycles. The summed E-state index contributed by atoms with van der Waals surface area (Å²) >= 11 is 5.59. The molecule has 9 heteroatoms. The normalized spacial score (nSPS) is 19.5. The number of thiocarbonyl (C=S) groups is 1. The van der Waals surface area contributed by atoms with Gasteiger partial charge in [0.15, 0.2) is 5.11 Å². The zero-order valence-electron chi connectivity index (χ0n) is 25.0. The minimum absolute atomic E-state index is 0.374. The van der Waals surface area contributed by atoms with E-state index in [1.165, 1.54) is 72.3 Å². The van der Waals surface area contributed by atoms with E-state index in [2.05, 4.69) is 20.9 Å². The zero-order valence-corrected chi connectivity index (χ0v) is 25.8. The van der Waals surface area contributed by atoms with E-state index in [0.29, 0.717) is 27.7 Å². The van der Waals surface area contributed by atoms with Gasteiger partial charge in [0.25, 0.3) is 0 Å². The van der Waals surface area contributed by atoms with Crippen molar-refractivity contribution in [1.82, 2.24) is 15.5 Å². The van der Waals surface area contributed by atoms with Gasteiger partial charge in [0.05, 0.1) is 31.3 Å². The Morgan fingerprint density at radius 3 is 2.17 bits per heavy atom. The van der Waals surface area contributed by atoms with Crippen molar-refractivity contribution in [2.24, 2.45) is 11.8 Å². The molecule has 1 saturated carbocycles. The molecule has 0 radical (unpaired) electrons. The lowest BCUT2D eigenvalue weighted by Gasteiger charge is -2.37. The largest absolute Gasteiger partial charge is 0.466 e. The van der Waals surface area contributed by atoms with Crippen LogP contribution in [0.5, 0.6) is 0 Å². The molecule has 3 aliphatic rings. The van der Waals surface area contributed by atoms with Crippen molar-refractivity contribution in [3.63, 3.8) is 0 Å². The molecule has 1 aliphatic carbocycles. The molecule has 0 unspecified atom stereocenters. The molecule has 2 heterocycles. The summed E-state index contributed by atoms with van der Waals surface area (Å²) in [6.07, 6.45) is 10.9. The number of hydrogen-bond donors (Lipinski definition) is 3. The van der Waals surface area contributed by atoms with Crippen LogP contribution in [0, 0.1) is 11.8 Å². The van der Waals surface area contributed by atoms with Crippen molar-refractivity contribution >= 4 is 35.0 Å². The van der Waals surface area contributed by atoms with Gasteiger partial charge in [-0.1, -0.05) is 44.2 Å². The zero-order chi connectivity index (χ0) is 29.4. The topological polar surface area (TPSA) is 91.9 Å². The maximum atomic E-state index is 12.8. The molecule has 1 aromatic rings. The van der Waals surface area contributed by atoms with Gasteiger partial charge in [-0.2, -0.15) is 0 Å². The molecule has 41 heavy (non-hydrogen) atoms. The Kier molecular flexibility index (Phi) is 11.2. The Bertz CT molecular complexity index is 1130. The molecule has 3 N–H and O–H groups in total. The van der Waals surface area contributed by atoms with Crippen molar-refractivity contribution in [2.45, 2.75) is 71.1 Å². The van der Waals surface area contributed by atoms with Crippen LogP contribution in [0.3, 0.4) is 0 Å². The predicted octanol–water partition coefficient (Wildman–Crippen LogP) is 5.24. The lowest BCUT2D eigenvalue weighted by Crippen LogP contribution is -2.38. The number of carbonyl (C=O) groups is 2. The van der Waals surface area contributed by atoms with Gasteiger partial charge in [0, 0.05) is 23.6 Å². The maximum Gasteiger partial charge on any atom is 0.336 e. The predicted molar refractivity (Wildman–Crippen MR) is 166 cm³/mol. The third kappa shape index (κ3) is 7.89. The van der Waals surface area contributed by atoms with Crippen molar-refractivity contribution < 1.29 is 19.1 Å². The third-order valence-corrected chi connectivity index (χ3v) is 9.18. The number of allylic oxidation sites excluding steroid dienone is 2. The second kappa shape index (κ2) is 14.8. The van der Waals surface area contributed by atoms with Gasteiger partial charge in [0.1, 0.15) is 0 Å². The summed E-state index contributed by atoms with van der Waals surface area (Å²) in [5.74, 6) is 0.281. The van der Waals surface area contributed by atoms with Crippen LogP contribution >= 0.6 is 12.2 Å². The number of piperidine rings is 1. The first-order chi connectivity index (χ1) is 19.8.